The molecule has 2 nitrogen and oxygen atoms in total. The summed E-state index contributed by atoms with van der Waals surface area (Å²) in [6.07, 6.45) is 7.11. The lowest BCUT2D eigenvalue weighted by Crippen LogP contribution is -2.08. The van der Waals surface area contributed by atoms with Crippen LogP contribution < -0.4 is 4.74 Å². The molecule has 0 bridgehead atoms. The average molecular weight is 353 g/mol. The molecule has 0 aliphatic carbocycles. The van der Waals surface area contributed by atoms with E-state index in [9.17, 15) is 4.79 Å². The Morgan fingerprint density at radius 1 is 1.17 bits per heavy atom. The second kappa shape index (κ2) is 11.5. The molecule has 1 atom stereocenters. The topological polar surface area (TPSA) is 26.3 Å². The highest BCUT2D eigenvalue weighted by Crippen LogP contribution is 2.25. The highest BCUT2D eigenvalue weighted by Gasteiger charge is 2.08. The number of hydrogen-bond donors (Lipinski definition) is 0. The van der Waals surface area contributed by atoms with E-state index in [1.165, 1.54) is 12.8 Å². The van der Waals surface area contributed by atoms with Gasteiger partial charge in [0.25, 0.3) is 0 Å². The average Bonchev–Trinajstić information content (AvgIpc) is 2.54. The Bertz CT molecular complexity index is 497. The molecule has 0 saturated carbocycles. The Labute approximate surface area is 152 Å². The summed E-state index contributed by atoms with van der Waals surface area (Å²) in [6, 6.07) is 5.95. The monoisotopic (exact) mass is 352 g/mol. The van der Waals surface area contributed by atoms with Crippen LogP contribution in [0.15, 0.2) is 18.2 Å². The normalized spacial score (nSPS) is 12.4. The molecule has 3 heteroatoms. The van der Waals surface area contributed by atoms with E-state index in [2.05, 4.69) is 19.9 Å². The fourth-order valence-corrected chi connectivity index (χ4v) is 2.94. The number of unbranched alkanes of at least 4 members (excludes halogenated alkanes) is 2. The number of halogens is 1. The van der Waals surface area contributed by atoms with Crippen molar-refractivity contribution in [3.8, 4) is 5.75 Å². The third kappa shape index (κ3) is 8.19. The quantitative estimate of drug-likeness (QED) is 0.402. The minimum atomic E-state index is 0.156. The summed E-state index contributed by atoms with van der Waals surface area (Å²) < 4.78 is 5.90. The predicted molar refractivity (Wildman–Crippen MR) is 103 cm³/mol. The van der Waals surface area contributed by atoms with Gasteiger partial charge in [0, 0.05) is 17.4 Å². The Balaban J connectivity index is 2.39. The smallest absolute Gasteiger partial charge is 0.135 e. The first-order chi connectivity index (χ1) is 11.4. The van der Waals surface area contributed by atoms with Crippen LogP contribution in [0.4, 0.5) is 0 Å². The van der Waals surface area contributed by atoms with Crippen molar-refractivity contribution >= 4 is 17.4 Å². The highest BCUT2D eigenvalue weighted by molar-refractivity contribution is 6.31. The van der Waals surface area contributed by atoms with Gasteiger partial charge in [-0.05, 0) is 55.4 Å². The molecule has 24 heavy (non-hydrogen) atoms. The maximum atomic E-state index is 11.6. The number of carbonyl (C=O) groups excluding carboxylic acids is 1. The summed E-state index contributed by atoms with van der Waals surface area (Å²) in [5, 5.41) is 0.808. The molecule has 0 aliphatic heterocycles. The molecule has 136 valence electrons. The van der Waals surface area contributed by atoms with E-state index in [1.54, 1.807) is 0 Å². The van der Waals surface area contributed by atoms with Gasteiger partial charge >= 0.3 is 0 Å². The maximum Gasteiger partial charge on any atom is 0.135 e. The number of aryl methyl sites for hydroxylation is 1. The Morgan fingerprint density at radius 2 is 1.92 bits per heavy atom. The van der Waals surface area contributed by atoms with E-state index in [4.69, 9.17) is 16.3 Å². The van der Waals surface area contributed by atoms with Crippen molar-refractivity contribution in [3.63, 3.8) is 0 Å². The zero-order valence-electron chi connectivity index (χ0n) is 15.7. The van der Waals surface area contributed by atoms with Crippen LogP contribution in [0.5, 0.6) is 5.75 Å². The molecule has 0 amide bonds. The van der Waals surface area contributed by atoms with Crippen molar-refractivity contribution < 1.29 is 9.53 Å². The lowest BCUT2D eigenvalue weighted by Gasteiger charge is -2.13. The molecular formula is C21H33ClO2. The lowest BCUT2D eigenvalue weighted by molar-refractivity contribution is -0.122. The standard InChI is InChI=1S/C21H33ClO2/c1-5-9-17(4)15-24-19-12-13-20(22)18(14-19)10-7-6-8-11-21(23)16(2)3/h12-14,16-17H,5-11,15H2,1-4H3. The van der Waals surface area contributed by atoms with Crippen LogP contribution in [0.2, 0.25) is 5.02 Å². The second-order valence-corrected chi connectivity index (χ2v) is 7.55. The maximum absolute atomic E-state index is 11.6. The largest absolute Gasteiger partial charge is 0.493 e. The zero-order valence-corrected chi connectivity index (χ0v) is 16.5. The third-order valence-corrected chi connectivity index (χ3v) is 4.72. The lowest BCUT2D eigenvalue weighted by atomic mass is 10.0. The summed E-state index contributed by atoms with van der Waals surface area (Å²) in [5.74, 6) is 2.01. The van der Waals surface area contributed by atoms with Gasteiger partial charge in [-0.25, -0.2) is 0 Å². The van der Waals surface area contributed by atoms with Crippen LogP contribution in [-0.2, 0) is 11.2 Å². The first-order valence-corrected chi connectivity index (χ1v) is 9.75. The first kappa shape index (κ1) is 21.0. The van der Waals surface area contributed by atoms with Crippen molar-refractivity contribution in [2.45, 2.75) is 72.6 Å². The van der Waals surface area contributed by atoms with Gasteiger partial charge in [-0.2, -0.15) is 0 Å². The first-order valence-electron chi connectivity index (χ1n) is 9.38. The molecule has 0 aromatic heterocycles. The number of ether oxygens (including phenoxy) is 1. The molecule has 1 aromatic carbocycles. The van der Waals surface area contributed by atoms with Crippen LogP contribution in [0, 0.1) is 11.8 Å². The molecule has 0 saturated heterocycles. The Kier molecular flexibility index (Phi) is 10.1. The van der Waals surface area contributed by atoms with Crippen LogP contribution in [0.3, 0.4) is 0 Å². The van der Waals surface area contributed by atoms with Crippen LogP contribution in [0.25, 0.3) is 0 Å². The number of benzene rings is 1. The fourth-order valence-electron chi connectivity index (χ4n) is 2.73. The molecule has 0 aliphatic rings. The second-order valence-electron chi connectivity index (χ2n) is 7.14. The molecule has 0 spiro atoms. The van der Waals surface area contributed by atoms with Crippen molar-refractivity contribution in [1.82, 2.24) is 0 Å². The van der Waals surface area contributed by atoms with E-state index in [1.807, 2.05) is 26.0 Å². The van der Waals surface area contributed by atoms with Crippen LogP contribution >= 0.6 is 11.6 Å². The van der Waals surface area contributed by atoms with E-state index >= 15 is 0 Å². The van der Waals surface area contributed by atoms with Crippen molar-refractivity contribution in [2.24, 2.45) is 11.8 Å². The Hall–Kier alpha value is -1.02. The van der Waals surface area contributed by atoms with Gasteiger partial charge in [-0.3, -0.25) is 4.79 Å². The molecule has 0 fully saturated rings. The summed E-state index contributed by atoms with van der Waals surface area (Å²) in [4.78, 5) is 11.6. The summed E-state index contributed by atoms with van der Waals surface area (Å²) >= 11 is 6.30. The van der Waals surface area contributed by atoms with Gasteiger partial charge in [0.05, 0.1) is 6.61 Å². The van der Waals surface area contributed by atoms with Gasteiger partial charge in [0.1, 0.15) is 11.5 Å². The minimum Gasteiger partial charge on any atom is -0.493 e. The summed E-state index contributed by atoms with van der Waals surface area (Å²) in [7, 11) is 0. The molecule has 1 aromatic rings. The van der Waals surface area contributed by atoms with Gasteiger partial charge in [0.2, 0.25) is 0 Å². The summed E-state index contributed by atoms with van der Waals surface area (Å²) in [6.45, 7) is 9.11. The van der Waals surface area contributed by atoms with E-state index in [0.29, 0.717) is 18.1 Å². The molecular weight excluding hydrogens is 320 g/mol. The van der Waals surface area contributed by atoms with E-state index in [0.717, 1.165) is 48.6 Å². The number of Topliss-reactive ketones (excluding diaryl/α,β-unsaturated/α-hetero) is 1. The number of ketones is 1. The minimum absolute atomic E-state index is 0.156. The highest BCUT2D eigenvalue weighted by atomic mass is 35.5. The number of hydrogen-bond acceptors (Lipinski definition) is 2. The van der Waals surface area contributed by atoms with Gasteiger partial charge in [-0.15, -0.1) is 0 Å². The van der Waals surface area contributed by atoms with Crippen LogP contribution in [-0.4, -0.2) is 12.4 Å². The van der Waals surface area contributed by atoms with E-state index < -0.39 is 0 Å². The third-order valence-electron chi connectivity index (χ3n) is 4.35. The van der Waals surface area contributed by atoms with Crippen molar-refractivity contribution in [3.05, 3.63) is 28.8 Å². The number of rotatable bonds is 12. The van der Waals surface area contributed by atoms with Gasteiger partial charge in [-0.1, -0.05) is 52.1 Å². The van der Waals surface area contributed by atoms with Gasteiger partial charge in [0.15, 0.2) is 0 Å². The van der Waals surface area contributed by atoms with Crippen molar-refractivity contribution in [1.29, 1.82) is 0 Å². The molecule has 0 radical (unpaired) electrons. The van der Waals surface area contributed by atoms with E-state index in [-0.39, 0.29) is 5.92 Å². The predicted octanol–water partition coefficient (Wildman–Crippen LogP) is 6.48. The number of carbonyl (C=O) groups is 1. The van der Waals surface area contributed by atoms with Gasteiger partial charge < -0.3 is 4.74 Å². The molecule has 0 heterocycles. The molecule has 0 N–H and O–H groups in total. The fraction of sp³-hybridized carbons (Fsp3) is 0.667. The molecule has 1 unspecified atom stereocenters. The van der Waals surface area contributed by atoms with Crippen molar-refractivity contribution in [2.75, 3.05) is 6.61 Å². The van der Waals surface area contributed by atoms with Crippen LogP contribution in [0.1, 0.15) is 71.8 Å². The zero-order chi connectivity index (χ0) is 17.9. The molecule has 1 rings (SSSR count). The summed E-state index contributed by atoms with van der Waals surface area (Å²) in [5.41, 5.74) is 1.15. The Morgan fingerprint density at radius 3 is 2.58 bits per heavy atom. The SMILES string of the molecule is CCCC(C)COc1ccc(Cl)c(CCCCCC(=O)C(C)C)c1.